The third-order valence-electron chi connectivity index (χ3n) is 4.86. The van der Waals surface area contributed by atoms with E-state index in [4.69, 9.17) is 4.74 Å². The van der Waals surface area contributed by atoms with Crippen LogP contribution in [0.15, 0.2) is 48.5 Å². The summed E-state index contributed by atoms with van der Waals surface area (Å²) in [6, 6.07) is 16.2. The average Bonchev–Trinajstić information content (AvgIpc) is 3.15. The molecule has 0 saturated carbocycles. The van der Waals surface area contributed by atoms with Crippen molar-refractivity contribution in [3.05, 3.63) is 65.2 Å². The van der Waals surface area contributed by atoms with Crippen molar-refractivity contribution in [3.8, 4) is 0 Å². The molecule has 1 saturated heterocycles. The van der Waals surface area contributed by atoms with Gasteiger partial charge in [-0.15, -0.1) is 0 Å². The molecule has 0 radical (unpaired) electrons. The molecule has 0 bridgehead atoms. The monoisotopic (exact) mass is 352 g/mol. The molecule has 2 aromatic carbocycles. The van der Waals surface area contributed by atoms with Crippen LogP contribution in [0, 0.1) is 6.92 Å². The Balaban J connectivity index is 1.77. The maximum Gasteiger partial charge on any atom is 0.254 e. The quantitative estimate of drug-likeness (QED) is 0.791. The van der Waals surface area contributed by atoms with Crippen LogP contribution in [0.25, 0.3) is 0 Å². The van der Waals surface area contributed by atoms with Crippen molar-refractivity contribution in [2.24, 2.45) is 0 Å². The van der Waals surface area contributed by atoms with Gasteiger partial charge in [0.25, 0.3) is 5.91 Å². The lowest BCUT2D eigenvalue weighted by Gasteiger charge is -2.26. The van der Waals surface area contributed by atoms with Gasteiger partial charge in [-0.05, 0) is 49.6 Å². The second-order valence-corrected chi connectivity index (χ2v) is 7.25. The zero-order valence-electron chi connectivity index (χ0n) is 15.9. The zero-order chi connectivity index (χ0) is 18.5. The minimum atomic E-state index is 0.0668. The predicted molar refractivity (Wildman–Crippen MR) is 106 cm³/mol. The number of hydrogen-bond donors (Lipinski definition) is 0. The Morgan fingerprint density at radius 3 is 2.35 bits per heavy atom. The first-order chi connectivity index (χ1) is 12.5. The van der Waals surface area contributed by atoms with Gasteiger partial charge in [0.2, 0.25) is 0 Å². The van der Waals surface area contributed by atoms with Crippen LogP contribution in [0.3, 0.4) is 0 Å². The molecule has 0 spiro atoms. The van der Waals surface area contributed by atoms with Crippen LogP contribution in [-0.2, 0) is 11.3 Å². The van der Waals surface area contributed by atoms with Crippen molar-refractivity contribution in [1.82, 2.24) is 4.90 Å². The van der Waals surface area contributed by atoms with E-state index in [1.165, 1.54) is 0 Å². The van der Waals surface area contributed by atoms with Crippen molar-refractivity contribution in [3.63, 3.8) is 0 Å². The number of carbonyl (C=O) groups is 1. The van der Waals surface area contributed by atoms with Crippen molar-refractivity contribution >= 4 is 11.6 Å². The summed E-state index contributed by atoms with van der Waals surface area (Å²) in [6.07, 6.45) is 2.25. The number of nitrogens with zero attached hydrogens (tertiary/aromatic N) is 2. The fourth-order valence-electron chi connectivity index (χ4n) is 3.25. The molecule has 3 rings (SSSR count). The van der Waals surface area contributed by atoms with Crippen LogP contribution in [0.2, 0.25) is 0 Å². The van der Waals surface area contributed by atoms with Crippen LogP contribution < -0.4 is 4.90 Å². The highest BCUT2D eigenvalue weighted by atomic mass is 16.5. The summed E-state index contributed by atoms with van der Waals surface area (Å²) >= 11 is 0. The Morgan fingerprint density at radius 1 is 1.08 bits per heavy atom. The van der Waals surface area contributed by atoms with Gasteiger partial charge in [0.15, 0.2) is 0 Å². The molecular weight excluding hydrogens is 324 g/mol. The third kappa shape index (κ3) is 4.64. The maximum absolute atomic E-state index is 13.1. The van der Waals surface area contributed by atoms with Gasteiger partial charge in [-0.1, -0.05) is 29.8 Å². The van der Waals surface area contributed by atoms with E-state index in [-0.39, 0.29) is 12.0 Å². The lowest BCUT2D eigenvalue weighted by molar-refractivity contribution is 0.0507. The van der Waals surface area contributed by atoms with Gasteiger partial charge in [-0.25, -0.2) is 0 Å². The smallest absolute Gasteiger partial charge is 0.254 e. The van der Waals surface area contributed by atoms with E-state index in [2.05, 4.69) is 29.2 Å². The van der Waals surface area contributed by atoms with E-state index in [1.807, 2.05) is 50.2 Å². The summed E-state index contributed by atoms with van der Waals surface area (Å²) in [5, 5.41) is 0. The molecule has 138 valence electrons. The van der Waals surface area contributed by atoms with E-state index in [0.717, 1.165) is 41.8 Å². The number of hydrogen-bond acceptors (Lipinski definition) is 3. The van der Waals surface area contributed by atoms with Gasteiger partial charge >= 0.3 is 0 Å². The van der Waals surface area contributed by atoms with E-state index < -0.39 is 0 Å². The number of anilines is 1. The van der Waals surface area contributed by atoms with E-state index in [1.54, 1.807) is 0 Å². The molecule has 0 aromatic heterocycles. The fourth-order valence-corrected chi connectivity index (χ4v) is 3.25. The fraction of sp³-hybridized carbons (Fsp3) is 0.409. The Morgan fingerprint density at radius 2 is 1.77 bits per heavy atom. The number of carbonyl (C=O) groups excluding carboxylic acids is 1. The molecule has 1 atom stereocenters. The summed E-state index contributed by atoms with van der Waals surface area (Å²) in [7, 11) is 4.05. The standard InChI is InChI=1S/C22H28N2O2/c1-17-6-10-19(11-7-17)22(25)24(16-21-5-4-14-26-21)15-18-8-12-20(13-9-18)23(2)3/h6-13,21H,4-5,14-16H2,1-3H3/t21-/m1/s1. The summed E-state index contributed by atoms with van der Waals surface area (Å²) in [6.45, 7) is 4.07. The van der Waals surface area contributed by atoms with Crippen LogP contribution in [0.1, 0.15) is 34.3 Å². The molecule has 1 fully saturated rings. The molecule has 0 unspecified atom stereocenters. The maximum atomic E-state index is 13.1. The van der Waals surface area contributed by atoms with Gasteiger partial charge in [0.1, 0.15) is 0 Å². The normalized spacial score (nSPS) is 16.5. The van der Waals surface area contributed by atoms with Crippen molar-refractivity contribution in [2.45, 2.75) is 32.4 Å². The number of rotatable bonds is 6. The summed E-state index contributed by atoms with van der Waals surface area (Å²) < 4.78 is 5.78. The Bertz CT molecular complexity index is 717. The Hall–Kier alpha value is -2.33. The zero-order valence-corrected chi connectivity index (χ0v) is 15.9. The number of amides is 1. The molecule has 2 aromatic rings. The van der Waals surface area contributed by atoms with Crippen LogP contribution in [0.4, 0.5) is 5.69 Å². The second-order valence-electron chi connectivity index (χ2n) is 7.25. The van der Waals surface area contributed by atoms with Gasteiger partial charge < -0.3 is 14.5 Å². The van der Waals surface area contributed by atoms with Gasteiger partial charge in [-0.2, -0.15) is 0 Å². The first-order valence-corrected chi connectivity index (χ1v) is 9.27. The van der Waals surface area contributed by atoms with Crippen molar-refractivity contribution in [2.75, 3.05) is 32.1 Å². The number of benzene rings is 2. The molecular formula is C22H28N2O2. The molecule has 0 N–H and O–H groups in total. The lowest BCUT2D eigenvalue weighted by Crippen LogP contribution is -2.37. The minimum Gasteiger partial charge on any atom is -0.378 e. The van der Waals surface area contributed by atoms with E-state index in [9.17, 15) is 4.79 Å². The molecule has 26 heavy (non-hydrogen) atoms. The summed E-state index contributed by atoms with van der Waals surface area (Å²) in [4.78, 5) is 17.1. The topological polar surface area (TPSA) is 32.8 Å². The minimum absolute atomic E-state index is 0.0668. The number of aryl methyl sites for hydroxylation is 1. The highest BCUT2D eigenvalue weighted by Gasteiger charge is 2.23. The Labute approximate surface area is 156 Å². The van der Waals surface area contributed by atoms with Crippen LogP contribution in [-0.4, -0.2) is 44.2 Å². The van der Waals surface area contributed by atoms with Crippen molar-refractivity contribution in [1.29, 1.82) is 0 Å². The third-order valence-corrected chi connectivity index (χ3v) is 4.86. The first-order valence-electron chi connectivity index (χ1n) is 9.27. The average molecular weight is 352 g/mol. The van der Waals surface area contributed by atoms with E-state index in [0.29, 0.717) is 13.1 Å². The molecule has 1 aliphatic heterocycles. The highest BCUT2D eigenvalue weighted by Crippen LogP contribution is 2.19. The summed E-state index contributed by atoms with van der Waals surface area (Å²) in [5.74, 6) is 0.0668. The largest absolute Gasteiger partial charge is 0.378 e. The van der Waals surface area contributed by atoms with E-state index >= 15 is 0 Å². The van der Waals surface area contributed by atoms with Gasteiger partial charge in [0, 0.05) is 45.0 Å². The van der Waals surface area contributed by atoms with Gasteiger partial charge in [-0.3, -0.25) is 4.79 Å². The lowest BCUT2D eigenvalue weighted by atomic mass is 10.1. The molecule has 4 nitrogen and oxygen atoms in total. The SMILES string of the molecule is Cc1ccc(C(=O)N(Cc2ccc(N(C)C)cc2)C[C@H]2CCCO2)cc1. The molecule has 1 amide bonds. The van der Waals surface area contributed by atoms with Crippen molar-refractivity contribution < 1.29 is 9.53 Å². The summed E-state index contributed by atoms with van der Waals surface area (Å²) in [5.41, 5.74) is 4.18. The Kier molecular flexibility index (Phi) is 5.94. The first kappa shape index (κ1) is 18.5. The molecule has 1 aliphatic rings. The van der Waals surface area contributed by atoms with Crippen LogP contribution in [0.5, 0.6) is 0 Å². The van der Waals surface area contributed by atoms with Gasteiger partial charge in [0.05, 0.1) is 6.10 Å². The second kappa shape index (κ2) is 8.37. The highest BCUT2D eigenvalue weighted by molar-refractivity contribution is 5.94. The van der Waals surface area contributed by atoms with Crippen LogP contribution >= 0.6 is 0 Å². The molecule has 4 heteroatoms. The predicted octanol–water partition coefficient (Wildman–Crippen LogP) is 3.88. The molecule has 0 aliphatic carbocycles. The molecule has 1 heterocycles. The number of ether oxygens (including phenoxy) is 1.